The summed E-state index contributed by atoms with van der Waals surface area (Å²) in [5.74, 6) is -1.50. The fraction of sp³-hybridized carbons (Fsp3) is 0.625. The van der Waals surface area contributed by atoms with Gasteiger partial charge >= 0.3 is 0 Å². The highest BCUT2D eigenvalue weighted by atomic mass is 16.3. The zero-order valence-electron chi connectivity index (χ0n) is 18.8. The van der Waals surface area contributed by atoms with Gasteiger partial charge in [-0.1, -0.05) is 31.4 Å². The molecular formula is C16H25NO2. The van der Waals surface area contributed by atoms with Crippen molar-refractivity contribution in [3.05, 3.63) is 29.8 Å². The lowest BCUT2D eigenvalue weighted by Crippen LogP contribution is -2.42. The van der Waals surface area contributed by atoms with Gasteiger partial charge in [0.2, 0.25) is 0 Å². The predicted molar refractivity (Wildman–Crippen MR) is 77.4 cm³/mol. The molecule has 3 nitrogen and oxygen atoms in total. The van der Waals surface area contributed by atoms with E-state index in [1.807, 2.05) is 0 Å². The van der Waals surface area contributed by atoms with Crippen molar-refractivity contribution in [1.82, 2.24) is 4.90 Å². The van der Waals surface area contributed by atoms with Gasteiger partial charge in [0.1, 0.15) is 5.75 Å². The normalized spacial score (nSPS) is 28.7. The van der Waals surface area contributed by atoms with Gasteiger partial charge in [-0.05, 0) is 44.5 Å². The van der Waals surface area contributed by atoms with Gasteiger partial charge in [0, 0.05) is 23.4 Å². The average molecular weight is 271 g/mol. The quantitative estimate of drug-likeness (QED) is 0.885. The number of phenolic OH excluding ortho intramolecular Hbond substituents is 1. The van der Waals surface area contributed by atoms with Crippen LogP contribution in [-0.4, -0.2) is 41.2 Å². The highest BCUT2D eigenvalue weighted by Crippen LogP contribution is 2.40. The molecule has 1 aliphatic carbocycles. The molecule has 19 heavy (non-hydrogen) atoms. The number of nitrogens with zero attached hydrogens (tertiary/aromatic N) is 1. The molecule has 1 aromatic carbocycles. The van der Waals surface area contributed by atoms with Gasteiger partial charge in [-0.25, -0.2) is 0 Å². The van der Waals surface area contributed by atoms with Crippen LogP contribution in [0.1, 0.15) is 54.6 Å². The molecule has 0 spiro atoms. The van der Waals surface area contributed by atoms with E-state index < -0.39 is 32.0 Å². The molecule has 0 saturated heterocycles. The SMILES string of the molecule is [2H]C([2H])([2H])N(C([2H])([2H])[2H])C([2H])([2H])C(c1ccc(O)cc1)C1(O)CCCCC1. The number of aliphatic hydroxyl groups is 1. The van der Waals surface area contributed by atoms with E-state index in [0.29, 0.717) is 12.8 Å². The minimum atomic E-state index is -3.24. The van der Waals surface area contributed by atoms with Crippen LogP contribution < -0.4 is 0 Å². The second-order valence-electron chi connectivity index (χ2n) is 5.15. The van der Waals surface area contributed by atoms with E-state index in [1.54, 1.807) is 0 Å². The number of aromatic hydroxyl groups is 1. The fourth-order valence-corrected chi connectivity index (χ4v) is 2.75. The molecule has 1 atom stereocenters. The van der Waals surface area contributed by atoms with E-state index in [2.05, 4.69) is 0 Å². The first kappa shape index (κ1) is 7.09. The summed E-state index contributed by atoms with van der Waals surface area (Å²) in [6.45, 7) is -9.39. The Bertz CT molecular complexity index is 621. The van der Waals surface area contributed by atoms with Gasteiger partial charge in [0.05, 0.1) is 5.60 Å². The third-order valence-corrected chi connectivity index (χ3v) is 3.74. The average Bonchev–Trinajstić information content (AvgIpc) is 2.46. The van der Waals surface area contributed by atoms with Crippen LogP contribution in [0.25, 0.3) is 0 Å². The summed E-state index contributed by atoms with van der Waals surface area (Å²) in [7, 11) is 0. The van der Waals surface area contributed by atoms with Crippen molar-refractivity contribution < 1.29 is 21.2 Å². The van der Waals surface area contributed by atoms with E-state index in [1.165, 1.54) is 24.3 Å². The van der Waals surface area contributed by atoms with Crippen molar-refractivity contribution in [3.63, 3.8) is 0 Å². The Hall–Kier alpha value is -1.06. The molecule has 0 heterocycles. The van der Waals surface area contributed by atoms with Crippen LogP contribution in [0.5, 0.6) is 5.75 Å². The van der Waals surface area contributed by atoms with Crippen LogP contribution in [0.15, 0.2) is 24.3 Å². The van der Waals surface area contributed by atoms with Gasteiger partial charge in [0.15, 0.2) is 0 Å². The maximum Gasteiger partial charge on any atom is 0.115 e. The zero-order valence-corrected chi connectivity index (χ0v) is 10.8. The summed E-state index contributed by atoms with van der Waals surface area (Å²) in [5, 5.41) is 20.8. The molecular weight excluding hydrogens is 238 g/mol. The van der Waals surface area contributed by atoms with E-state index in [4.69, 9.17) is 11.0 Å². The van der Waals surface area contributed by atoms with Gasteiger partial charge in [-0.3, -0.25) is 0 Å². The van der Waals surface area contributed by atoms with Crippen molar-refractivity contribution in [1.29, 1.82) is 0 Å². The molecule has 106 valence electrons. The first-order valence-corrected chi connectivity index (χ1v) is 6.51. The van der Waals surface area contributed by atoms with E-state index in [9.17, 15) is 10.2 Å². The third kappa shape index (κ3) is 3.48. The summed E-state index contributed by atoms with van der Waals surface area (Å²) in [6, 6.07) is 5.39. The molecule has 2 rings (SSSR count). The Morgan fingerprint density at radius 2 is 1.89 bits per heavy atom. The lowest BCUT2D eigenvalue weighted by atomic mass is 9.72. The minimum Gasteiger partial charge on any atom is -0.508 e. The summed E-state index contributed by atoms with van der Waals surface area (Å²) < 4.78 is 62.7. The summed E-state index contributed by atoms with van der Waals surface area (Å²) in [6.07, 6.45) is 2.57. The molecule has 0 radical (unpaired) electrons. The molecule has 3 heteroatoms. The summed E-state index contributed by atoms with van der Waals surface area (Å²) in [4.78, 5) is -0.100. The number of likely N-dealkylation sites (N-methyl/N-ethyl adjacent to an activating group) is 1. The Morgan fingerprint density at radius 3 is 2.47 bits per heavy atom. The molecule has 0 aliphatic heterocycles. The third-order valence-electron chi connectivity index (χ3n) is 3.74. The first-order valence-electron chi connectivity index (χ1n) is 10.5. The van der Waals surface area contributed by atoms with Crippen LogP contribution in [0, 0.1) is 0 Å². The van der Waals surface area contributed by atoms with Crippen LogP contribution in [0.2, 0.25) is 0 Å². The van der Waals surface area contributed by atoms with Crippen molar-refractivity contribution >= 4 is 0 Å². The Balaban J connectivity index is 2.65. The maximum absolute atomic E-state index is 11.3. The molecule has 0 bridgehead atoms. The van der Waals surface area contributed by atoms with Crippen molar-refractivity contribution in [2.75, 3.05) is 20.4 Å². The Morgan fingerprint density at radius 1 is 1.26 bits per heavy atom. The second-order valence-corrected chi connectivity index (χ2v) is 5.15. The van der Waals surface area contributed by atoms with Gasteiger partial charge in [0.25, 0.3) is 0 Å². The predicted octanol–water partition coefficient (Wildman–Crippen LogP) is 2.73. The number of hydrogen-bond donors (Lipinski definition) is 2. The van der Waals surface area contributed by atoms with Crippen molar-refractivity contribution in [2.24, 2.45) is 0 Å². The lowest BCUT2D eigenvalue weighted by Gasteiger charge is -2.40. The van der Waals surface area contributed by atoms with Gasteiger partial charge in [-0.15, -0.1) is 0 Å². The largest absolute Gasteiger partial charge is 0.508 e. The number of rotatable bonds is 4. The molecule has 0 amide bonds. The molecule has 1 fully saturated rings. The molecule has 1 aliphatic rings. The molecule has 0 aromatic heterocycles. The molecule has 1 unspecified atom stereocenters. The van der Waals surface area contributed by atoms with Crippen molar-refractivity contribution in [3.8, 4) is 5.75 Å². The number of benzene rings is 1. The fourth-order valence-electron chi connectivity index (χ4n) is 2.75. The van der Waals surface area contributed by atoms with Gasteiger partial charge in [-0.2, -0.15) is 0 Å². The highest BCUT2D eigenvalue weighted by molar-refractivity contribution is 5.30. The summed E-state index contributed by atoms with van der Waals surface area (Å²) in [5.41, 5.74) is -1.37. The maximum atomic E-state index is 11.3. The van der Waals surface area contributed by atoms with Gasteiger partial charge < -0.3 is 15.1 Å². The highest BCUT2D eigenvalue weighted by Gasteiger charge is 2.38. The minimum absolute atomic E-state index is 0.0720. The van der Waals surface area contributed by atoms with E-state index in [0.717, 1.165) is 6.42 Å². The molecule has 1 aromatic rings. The standard InChI is InChI=1S/C16H25NO2/c1-17(2)12-15(13-6-8-14(18)9-7-13)16(19)10-4-3-5-11-16/h6-9,15,18-19H,3-5,10-12H2,1-2H3/i1D3,2D3,12D2. The van der Waals surface area contributed by atoms with Crippen LogP contribution in [0.3, 0.4) is 0 Å². The smallest absolute Gasteiger partial charge is 0.115 e. The summed E-state index contributed by atoms with van der Waals surface area (Å²) >= 11 is 0. The van der Waals surface area contributed by atoms with E-state index >= 15 is 0 Å². The van der Waals surface area contributed by atoms with E-state index in [-0.39, 0.29) is 29.1 Å². The first-order chi connectivity index (χ1) is 12.2. The second kappa shape index (κ2) is 5.93. The monoisotopic (exact) mass is 271 g/mol. The van der Waals surface area contributed by atoms with Crippen molar-refractivity contribution in [2.45, 2.75) is 43.6 Å². The number of hydrogen-bond acceptors (Lipinski definition) is 3. The molecule has 1 saturated carbocycles. The van der Waals surface area contributed by atoms with Crippen LogP contribution >= 0.6 is 0 Å². The number of phenols is 1. The Kier molecular flexibility index (Phi) is 2.21. The van der Waals surface area contributed by atoms with Crippen LogP contribution in [-0.2, 0) is 0 Å². The molecule has 2 N–H and O–H groups in total. The topological polar surface area (TPSA) is 43.7 Å². The lowest BCUT2D eigenvalue weighted by molar-refractivity contribution is -0.0277. The van der Waals surface area contributed by atoms with Crippen LogP contribution in [0.4, 0.5) is 0 Å². The zero-order chi connectivity index (χ0) is 20.7. The Labute approximate surface area is 127 Å².